The fourth-order valence-electron chi connectivity index (χ4n) is 2.31. The summed E-state index contributed by atoms with van der Waals surface area (Å²) < 4.78 is 27.8. The van der Waals surface area contributed by atoms with Crippen LogP contribution in [0.3, 0.4) is 0 Å². The molecule has 0 fully saturated rings. The second-order valence-corrected chi connectivity index (χ2v) is 7.05. The molecule has 0 saturated heterocycles. The van der Waals surface area contributed by atoms with Crippen molar-refractivity contribution in [2.75, 3.05) is 10.7 Å². The molecule has 0 aliphatic carbocycles. The average Bonchev–Trinajstić information content (AvgIpc) is 2.44. The van der Waals surface area contributed by atoms with Crippen molar-refractivity contribution in [1.29, 1.82) is 0 Å². The number of rotatable bonds is 5. The van der Waals surface area contributed by atoms with Gasteiger partial charge in [0.25, 0.3) is 0 Å². The van der Waals surface area contributed by atoms with Crippen LogP contribution in [0.25, 0.3) is 0 Å². The lowest BCUT2D eigenvalue weighted by molar-refractivity contribution is 0.536. The fraction of sp³-hybridized carbons (Fsp3) is 0.250. The monoisotopic (exact) mass is 480 g/mol. The molecule has 21 heavy (non-hydrogen) atoms. The van der Waals surface area contributed by atoms with E-state index in [9.17, 15) is 8.78 Å². The third-order valence-corrected chi connectivity index (χ3v) is 6.05. The summed E-state index contributed by atoms with van der Waals surface area (Å²) in [5, 5.41) is 1.36. The number of benzene rings is 2. The Kier molecular flexibility index (Phi) is 5.97. The summed E-state index contributed by atoms with van der Waals surface area (Å²) in [7, 11) is 0. The van der Waals surface area contributed by atoms with Crippen LogP contribution in [0.5, 0.6) is 0 Å². The van der Waals surface area contributed by atoms with Crippen LogP contribution in [0.2, 0.25) is 0 Å². The molecule has 0 bridgehead atoms. The Morgan fingerprint density at radius 2 is 1.52 bits per heavy atom. The van der Waals surface area contributed by atoms with Gasteiger partial charge in [0.15, 0.2) is 0 Å². The zero-order valence-electron chi connectivity index (χ0n) is 11.1. The van der Waals surface area contributed by atoms with E-state index in [1.165, 1.54) is 12.1 Å². The second-order valence-electron chi connectivity index (χ2n) is 5.01. The molecule has 0 aliphatic heterocycles. The average molecular weight is 483 g/mol. The van der Waals surface area contributed by atoms with E-state index in [1.807, 2.05) is 24.3 Å². The minimum absolute atomic E-state index is 0.274. The highest BCUT2D eigenvalue weighted by atomic mass is 79.9. The van der Waals surface area contributed by atoms with E-state index in [0.717, 1.165) is 16.1 Å². The third kappa shape index (κ3) is 4.14. The van der Waals surface area contributed by atoms with Gasteiger partial charge in [0.1, 0.15) is 11.6 Å². The van der Waals surface area contributed by atoms with Gasteiger partial charge < -0.3 is 0 Å². The van der Waals surface area contributed by atoms with Crippen LogP contribution in [0.4, 0.5) is 8.78 Å². The Morgan fingerprint density at radius 3 is 2.05 bits per heavy atom. The van der Waals surface area contributed by atoms with Crippen LogP contribution in [-0.2, 0) is 11.8 Å². The maximum Gasteiger partial charge on any atom is 0.126 e. The summed E-state index contributed by atoms with van der Waals surface area (Å²) in [5.74, 6) is -1.09. The van der Waals surface area contributed by atoms with Gasteiger partial charge in [-0.1, -0.05) is 59.9 Å². The molecule has 0 radical (unpaired) electrons. The van der Waals surface area contributed by atoms with E-state index in [4.69, 9.17) is 0 Å². The minimum Gasteiger partial charge on any atom is -0.207 e. The second kappa shape index (κ2) is 7.34. The molecule has 2 rings (SSSR count). The van der Waals surface area contributed by atoms with E-state index < -0.39 is 11.6 Å². The van der Waals surface area contributed by atoms with E-state index in [1.54, 1.807) is 0 Å². The van der Waals surface area contributed by atoms with Gasteiger partial charge in [0, 0.05) is 26.6 Å². The number of hydrogen-bond donors (Lipinski definition) is 0. The highest BCUT2D eigenvalue weighted by Gasteiger charge is 2.31. The van der Waals surface area contributed by atoms with Gasteiger partial charge in [0.2, 0.25) is 0 Å². The van der Waals surface area contributed by atoms with E-state index >= 15 is 0 Å². The van der Waals surface area contributed by atoms with Gasteiger partial charge in [-0.3, -0.25) is 0 Å². The smallest absolute Gasteiger partial charge is 0.126 e. The lowest BCUT2D eigenvalue weighted by Crippen LogP contribution is -2.33. The Morgan fingerprint density at radius 1 is 0.905 bits per heavy atom. The molecule has 0 N–H and O–H groups in total. The molecular weight excluding hydrogens is 470 g/mol. The molecule has 0 nitrogen and oxygen atoms in total. The van der Waals surface area contributed by atoms with Crippen molar-refractivity contribution in [3.05, 3.63) is 69.7 Å². The Balaban J connectivity index is 2.42. The van der Waals surface area contributed by atoms with Crippen LogP contribution < -0.4 is 0 Å². The first-order chi connectivity index (χ1) is 9.99. The minimum atomic E-state index is -0.544. The van der Waals surface area contributed by atoms with E-state index in [-0.39, 0.29) is 5.41 Å². The standard InChI is InChI=1S/C16H13Br3F2/c17-9-16(10-18,12-2-1-3-13(19)6-12)8-11-4-14(20)7-15(21)5-11/h1-7H,8-10H2. The first kappa shape index (κ1) is 17.1. The van der Waals surface area contributed by atoms with Crippen molar-refractivity contribution >= 4 is 47.8 Å². The van der Waals surface area contributed by atoms with Gasteiger partial charge in [0.05, 0.1) is 0 Å². The largest absolute Gasteiger partial charge is 0.207 e. The van der Waals surface area contributed by atoms with Crippen molar-refractivity contribution in [1.82, 2.24) is 0 Å². The van der Waals surface area contributed by atoms with Crippen LogP contribution in [0, 0.1) is 11.6 Å². The van der Waals surface area contributed by atoms with Gasteiger partial charge in [-0.15, -0.1) is 0 Å². The zero-order chi connectivity index (χ0) is 15.5. The third-order valence-electron chi connectivity index (χ3n) is 3.41. The Bertz CT molecular complexity index is 604. The van der Waals surface area contributed by atoms with Crippen LogP contribution >= 0.6 is 47.8 Å². The summed E-state index contributed by atoms with van der Waals surface area (Å²) in [6, 6.07) is 11.7. The molecule has 0 aliphatic rings. The first-order valence-electron chi connectivity index (χ1n) is 6.32. The first-order valence-corrected chi connectivity index (χ1v) is 9.36. The number of alkyl halides is 2. The highest BCUT2D eigenvalue weighted by Crippen LogP contribution is 2.34. The van der Waals surface area contributed by atoms with Crippen molar-refractivity contribution in [3.63, 3.8) is 0 Å². The van der Waals surface area contributed by atoms with Gasteiger partial charge in [-0.2, -0.15) is 0 Å². The maximum atomic E-state index is 13.4. The number of halogens is 5. The van der Waals surface area contributed by atoms with Gasteiger partial charge >= 0.3 is 0 Å². The quantitative estimate of drug-likeness (QED) is 0.459. The molecule has 0 spiro atoms. The van der Waals surface area contributed by atoms with E-state index in [0.29, 0.717) is 22.6 Å². The Hall–Kier alpha value is -0.260. The topological polar surface area (TPSA) is 0 Å². The van der Waals surface area contributed by atoms with Crippen LogP contribution in [0.1, 0.15) is 11.1 Å². The molecule has 0 amide bonds. The number of hydrogen-bond acceptors (Lipinski definition) is 0. The van der Waals surface area contributed by atoms with E-state index in [2.05, 4.69) is 47.8 Å². The maximum absolute atomic E-state index is 13.4. The fourth-order valence-corrected chi connectivity index (χ4v) is 4.68. The molecule has 0 atom stereocenters. The lowest BCUT2D eigenvalue weighted by atomic mass is 9.79. The molecule has 0 aromatic heterocycles. The zero-order valence-corrected chi connectivity index (χ0v) is 15.8. The predicted molar refractivity (Wildman–Crippen MR) is 93.5 cm³/mol. The van der Waals surface area contributed by atoms with Gasteiger partial charge in [-0.25, -0.2) is 8.78 Å². The molecule has 0 saturated carbocycles. The SMILES string of the molecule is Fc1cc(F)cc(CC(CBr)(CBr)c2cccc(Br)c2)c1. The summed E-state index contributed by atoms with van der Waals surface area (Å²) >= 11 is 10.6. The predicted octanol–water partition coefficient (Wildman–Crippen LogP) is 6.00. The summed E-state index contributed by atoms with van der Waals surface area (Å²) in [5.41, 5.74) is 1.48. The molecule has 0 unspecified atom stereocenters. The van der Waals surface area contributed by atoms with Crippen molar-refractivity contribution < 1.29 is 8.78 Å². The molecule has 0 heterocycles. The summed E-state index contributed by atoms with van der Waals surface area (Å²) in [6.07, 6.45) is 0.536. The summed E-state index contributed by atoms with van der Waals surface area (Å²) in [4.78, 5) is 0. The normalized spacial score (nSPS) is 11.7. The molecule has 2 aromatic carbocycles. The molecule has 2 aromatic rings. The van der Waals surface area contributed by atoms with Gasteiger partial charge in [-0.05, 0) is 41.8 Å². The highest BCUT2D eigenvalue weighted by molar-refractivity contribution is 9.10. The summed E-state index contributed by atoms with van der Waals surface area (Å²) in [6.45, 7) is 0. The molecule has 5 heteroatoms. The molecular formula is C16H13Br3F2. The Labute approximate surface area is 148 Å². The lowest BCUT2D eigenvalue weighted by Gasteiger charge is -2.31. The van der Waals surface area contributed by atoms with Crippen molar-refractivity contribution in [3.8, 4) is 0 Å². The van der Waals surface area contributed by atoms with Crippen LogP contribution in [-0.4, -0.2) is 10.7 Å². The molecule has 112 valence electrons. The van der Waals surface area contributed by atoms with Crippen molar-refractivity contribution in [2.45, 2.75) is 11.8 Å². The van der Waals surface area contributed by atoms with Crippen LogP contribution in [0.15, 0.2) is 46.9 Å². The van der Waals surface area contributed by atoms with Crippen molar-refractivity contribution in [2.24, 2.45) is 0 Å².